The molecule has 1 saturated heterocycles. The first kappa shape index (κ1) is 14.7. The maximum Gasteiger partial charge on any atom is 0.328 e. The fourth-order valence-corrected chi connectivity index (χ4v) is 2.66. The number of rotatable bonds is 4. The van der Waals surface area contributed by atoms with Crippen LogP contribution in [-0.2, 0) is 9.53 Å². The van der Waals surface area contributed by atoms with E-state index in [9.17, 15) is 9.18 Å². The first-order valence-electron chi connectivity index (χ1n) is 6.57. The quantitative estimate of drug-likeness (QED) is 0.680. The molecule has 0 spiro atoms. The zero-order chi connectivity index (χ0) is 14.7. The Morgan fingerprint density at radius 3 is 3.00 bits per heavy atom. The van der Waals surface area contributed by atoms with Crippen LogP contribution in [0, 0.1) is 5.82 Å². The average Bonchev–Trinajstić information content (AvgIpc) is 2.88. The third-order valence-electron chi connectivity index (χ3n) is 3.34. The summed E-state index contributed by atoms with van der Waals surface area (Å²) in [6, 6.07) is 3.91. The third kappa shape index (κ3) is 2.90. The van der Waals surface area contributed by atoms with Crippen LogP contribution in [0.1, 0.15) is 25.3 Å². The van der Waals surface area contributed by atoms with Crippen molar-refractivity contribution >= 4 is 28.9 Å². The number of nitrogens with two attached hydrogens (primary N) is 1. The molecule has 1 aromatic rings. The molecule has 6 heteroatoms. The molecule has 0 bridgehead atoms. The van der Waals surface area contributed by atoms with Gasteiger partial charge in [0, 0.05) is 17.8 Å². The number of benzene rings is 1. The summed E-state index contributed by atoms with van der Waals surface area (Å²) >= 11 is 4.97. The van der Waals surface area contributed by atoms with Crippen molar-refractivity contribution in [2.75, 3.05) is 18.1 Å². The second-order valence-electron chi connectivity index (χ2n) is 4.63. The van der Waals surface area contributed by atoms with E-state index in [0.29, 0.717) is 30.8 Å². The molecule has 0 aliphatic carbocycles. The van der Waals surface area contributed by atoms with E-state index < -0.39 is 5.82 Å². The first-order valence-corrected chi connectivity index (χ1v) is 6.98. The molecular formula is C14H17FN2O2S. The maximum atomic E-state index is 13.3. The van der Waals surface area contributed by atoms with Gasteiger partial charge < -0.3 is 15.4 Å². The lowest BCUT2D eigenvalue weighted by molar-refractivity contribution is -0.144. The summed E-state index contributed by atoms with van der Waals surface area (Å²) in [5.74, 6) is -0.661. The van der Waals surface area contributed by atoms with Crippen LogP contribution in [0.2, 0.25) is 0 Å². The zero-order valence-electron chi connectivity index (χ0n) is 11.3. The fourth-order valence-electron chi connectivity index (χ4n) is 2.49. The summed E-state index contributed by atoms with van der Waals surface area (Å²) in [7, 11) is 0. The number of hydrogen-bond donors (Lipinski definition) is 1. The SMILES string of the molecule is CCOC(=O)C1CCCN1c1ccc(F)cc1C(N)=S. The molecule has 4 nitrogen and oxygen atoms in total. The number of carbonyl (C=O) groups is 1. The van der Waals surface area contributed by atoms with Crippen LogP contribution in [-0.4, -0.2) is 30.2 Å². The van der Waals surface area contributed by atoms with Crippen molar-refractivity contribution in [2.45, 2.75) is 25.8 Å². The van der Waals surface area contributed by atoms with Crippen molar-refractivity contribution in [3.05, 3.63) is 29.6 Å². The lowest BCUT2D eigenvalue weighted by atomic mass is 10.1. The van der Waals surface area contributed by atoms with Gasteiger partial charge in [0.15, 0.2) is 0 Å². The molecule has 1 unspecified atom stereocenters. The number of hydrogen-bond acceptors (Lipinski definition) is 4. The Balaban J connectivity index is 2.35. The molecule has 0 saturated carbocycles. The van der Waals surface area contributed by atoms with Crippen LogP contribution in [0.4, 0.5) is 10.1 Å². The van der Waals surface area contributed by atoms with Crippen molar-refractivity contribution in [1.82, 2.24) is 0 Å². The lowest BCUT2D eigenvalue weighted by Crippen LogP contribution is -2.38. The van der Waals surface area contributed by atoms with Crippen LogP contribution in [0.25, 0.3) is 0 Å². The second kappa shape index (κ2) is 6.17. The Labute approximate surface area is 122 Å². The number of nitrogens with zero attached hydrogens (tertiary/aromatic N) is 1. The van der Waals surface area contributed by atoms with Gasteiger partial charge in [0.05, 0.1) is 6.61 Å². The normalized spacial score (nSPS) is 18.1. The van der Waals surface area contributed by atoms with E-state index in [2.05, 4.69) is 0 Å². The first-order chi connectivity index (χ1) is 9.54. The van der Waals surface area contributed by atoms with Gasteiger partial charge in [-0.1, -0.05) is 12.2 Å². The van der Waals surface area contributed by atoms with Gasteiger partial charge in [0.25, 0.3) is 0 Å². The molecule has 0 amide bonds. The highest BCUT2D eigenvalue weighted by Gasteiger charge is 2.33. The van der Waals surface area contributed by atoms with Crippen LogP contribution in [0.15, 0.2) is 18.2 Å². The molecule has 1 aromatic carbocycles. The summed E-state index contributed by atoms with van der Waals surface area (Å²) in [4.78, 5) is 14.0. The minimum Gasteiger partial charge on any atom is -0.464 e. The van der Waals surface area contributed by atoms with E-state index >= 15 is 0 Å². The van der Waals surface area contributed by atoms with Crippen LogP contribution >= 0.6 is 12.2 Å². The number of anilines is 1. The molecular weight excluding hydrogens is 279 g/mol. The molecule has 2 rings (SSSR count). The van der Waals surface area contributed by atoms with Gasteiger partial charge in [-0.3, -0.25) is 0 Å². The highest BCUT2D eigenvalue weighted by molar-refractivity contribution is 7.80. The van der Waals surface area contributed by atoms with Crippen LogP contribution in [0.3, 0.4) is 0 Å². The molecule has 1 aliphatic rings. The van der Waals surface area contributed by atoms with Crippen LogP contribution in [0.5, 0.6) is 0 Å². The van der Waals surface area contributed by atoms with Crippen molar-refractivity contribution in [3.63, 3.8) is 0 Å². The van der Waals surface area contributed by atoms with Gasteiger partial charge in [-0.15, -0.1) is 0 Å². The van der Waals surface area contributed by atoms with Crippen molar-refractivity contribution in [1.29, 1.82) is 0 Å². The second-order valence-corrected chi connectivity index (χ2v) is 5.07. The molecule has 1 heterocycles. The molecule has 0 aromatic heterocycles. The fraction of sp³-hybridized carbons (Fsp3) is 0.429. The Morgan fingerprint density at radius 2 is 2.35 bits per heavy atom. The summed E-state index contributed by atoms with van der Waals surface area (Å²) in [6.07, 6.45) is 1.59. The number of thiocarbonyl (C=S) groups is 1. The van der Waals surface area contributed by atoms with E-state index in [1.165, 1.54) is 12.1 Å². The molecule has 0 radical (unpaired) electrons. The van der Waals surface area contributed by atoms with E-state index in [-0.39, 0.29) is 17.0 Å². The van der Waals surface area contributed by atoms with Gasteiger partial charge in [-0.25, -0.2) is 9.18 Å². The molecule has 20 heavy (non-hydrogen) atoms. The Bertz CT molecular complexity index is 536. The highest BCUT2D eigenvalue weighted by atomic mass is 32.1. The van der Waals surface area contributed by atoms with Gasteiger partial charge in [0.1, 0.15) is 16.8 Å². The predicted molar refractivity (Wildman–Crippen MR) is 79.3 cm³/mol. The Hall–Kier alpha value is -1.69. The predicted octanol–water partition coefficient (Wildman–Crippen LogP) is 1.99. The van der Waals surface area contributed by atoms with Gasteiger partial charge in [0.2, 0.25) is 0 Å². The van der Waals surface area contributed by atoms with Crippen molar-refractivity contribution in [3.8, 4) is 0 Å². The Morgan fingerprint density at radius 1 is 1.60 bits per heavy atom. The number of halogens is 1. The summed E-state index contributed by atoms with van der Waals surface area (Å²) in [5.41, 5.74) is 6.80. The lowest BCUT2D eigenvalue weighted by Gasteiger charge is -2.27. The zero-order valence-corrected chi connectivity index (χ0v) is 12.1. The summed E-state index contributed by atoms with van der Waals surface area (Å²) in [6.45, 7) is 2.81. The largest absolute Gasteiger partial charge is 0.464 e. The molecule has 108 valence electrons. The average molecular weight is 296 g/mol. The summed E-state index contributed by atoms with van der Waals surface area (Å²) < 4.78 is 18.4. The molecule has 1 fully saturated rings. The molecule has 2 N–H and O–H groups in total. The minimum absolute atomic E-state index is 0.119. The molecule has 1 aliphatic heterocycles. The minimum atomic E-state index is -0.400. The standard InChI is InChI=1S/C14H17FN2O2S/c1-2-19-14(18)12-4-3-7-17(12)11-6-5-9(15)8-10(11)13(16)20/h5-6,8,12H,2-4,7H2,1H3,(H2,16,20). The maximum absolute atomic E-state index is 13.3. The Kier molecular flexibility index (Phi) is 4.54. The van der Waals surface area contributed by atoms with Crippen molar-refractivity contribution < 1.29 is 13.9 Å². The summed E-state index contributed by atoms with van der Waals surface area (Å²) in [5, 5.41) is 0. The van der Waals surface area contributed by atoms with Crippen molar-refractivity contribution in [2.24, 2.45) is 5.73 Å². The number of ether oxygens (including phenoxy) is 1. The topological polar surface area (TPSA) is 55.6 Å². The molecule has 1 atom stereocenters. The van der Waals surface area contributed by atoms with Crippen LogP contribution < -0.4 is 10.6 Å². The van der Waals surface area contributed by atoms with E-state index in [1.807, 2.05) is 4.90 Å². The van der Waals surface area contributed by atoms with E-state index in [0.717, 1.165) is 6.42 Å². The monoisotopic (exact) mass is 296 g/mol. The number of esters is 1. The van der Waals surface area contributed by atoms with E-state index in [4.69, 9.17) is 22.7 Å². The third-order valence-corrected chi connectivity index (χ3v) is 3.56. The van der Waals surface area contributed by atoms with Gasteiger partial charge >= 0.3 is 5.97 Å². The van der Waals surface area contributed by atoms with Gasteiger partial charge in [-0.05, 0) is 38.0 Å². The van der Waals surface area contributed by atoms with Gasteiger partial charge in [-0.2, -0.15) is 0 Å². The smallest absolute Gasteiger partial charge is 0.328 e. The van der Waals surface area contributed by atoms with E-state index in [1.54, 1.807) is 13.0 Å². The number of carbonyl (C=O) groups excluding carboxylic acids is 1. The highest BCUT2D eigenvalue weighted by Crippen LogP contribution is 2.30.